The molecule has 0 aromatic rings. The van der Waals surface area contributed by atoms with Gasteiger partial charge in [0, 0.05) is 6.42 Å². The lowest BCUT2D eigenvalue weighted by atomic mass is 9.96. The monoisotopic (exact) mass is 459 g/mol. The number of nitrogens with two attached hydrogens (primary N) is 2. The van der Waals surface area contributed by atoms with Crippen LogP contribution in [0.4, 0.5) is 0 Å². The molecular weight excluding hydrogens is 422 g/mol. The average molecular weight is 460 g/mol. The molecule has 0 aliphatic rings. The van der Waals surface area contributed by atoms with E-state index in [1.807, 2.05) is 13.8 Å². The highest BCUT2D eigenvalue weighted by atomic mass is 16.4. The Morgan fingerprint density at radius 1 is 0.906 bits per heavy atom. The lowest BCUT2D eigenvalue weighted by Crippen LogP contribution is -2.59. The van der Waals surface area contributed by atoms with E-state index in [1.54, 1.807) is 13.8 Å². The van der Waals surface area contributed by atoms with Gasteiger partial charge in [-0.3, -0.25) is 19.2 Å². The first kappa shape index (κ1) is 29.3. The number of carboxylic acid groups (broad SMARTS) is 1. The number of aliphatic hydroxyl groups is 1. The smallest absolute Gasteiger partial charge is 0.326 e. The van der Waals surface area contributed by atoms with E-state index in [4.69, 9.17) is 11.5 Å². The Morgan fingerprint density at radius 2 is 1.47 bits per heavy atom. The van der Waals surface area contributed by atoms with Crippen molar-refractivity contribution >= 4 is 29.6 Å². The van der Waals surface area contributed by atoms with Crippen LogP contribution in [0.5, 0.6) is 0 Å². The molecule has 0 saturated carbocycles. The van der Waals surface area contributed by atoms with E-state index in [1.165, 1.54) is 0 Å². The Hall–Kier alpha value is -2.73. The maximum atomic E-state index is 12.8. The summed E-state index contributed by atoms with van der Waals surface area (Å²) in [7, 11) is 0. The Morgan fingerprint density at radius 3 is 1.91 bits per heavy atom. The molecule has 0 spiro atoms. The highest BCUT2D eigenvalue weighted by Crippen LogP contribution is 2.11. The molecule has 9 N–H and O–H groups in total. The first-order chi connectivity index (χ1) is 14.8. The zero-order valence-electron chi connectivity index (χ0n) is 19.1. The molecule has 32 heavy (non-hydrogen) atoms. The van der Waals surface area contributed by atoms with Gasteiger partial charge in [0.15, 0.2) is 0 Å². The Labute approximate surface area is 187 Å². The van der Waals surface area contributed by atoms with Gasteiger partial charge in [-0.1, -0.05) is 34.1 Å². The van der Waals surface area contributed by atoms with E-state index in [9.17, 15) is 34.2 Å². The summed E-state index contributed by atoms with van der Waals surface area (Å²) in [4.78, 5) is 59.8. The van der Waals surface area contributed by atoms with Gasteiger partial charge in [-0.15, -0.1) is 0 Å². The van der Waals surface area contributed by atoms with Gasteiger partial charge in [-0.25, -0.2) is 4.79 Å². The summed E-state index contributed by atoms with van der Waals surface area (Å²) in [5, 5.41) is 26.1. The fraction of sp³-hybridized carbons (Fsp3) is 0.750. The summed E-state index contributed by atoms with van der Waals surface area (Å²) in [5.74, 6) is -4.45. The standard InChI is InChI=1S/C20H37N5O7/c1-5-11(4)16(19(30)23-13(20(31)32)8-10(2)3)25-18(29)14(9-26)24-17(28)12(21)6-7-15(22)27/h10-14,16,26H,5-9,21H2,1-4H3,(H2,22,27)(H,23,30)(H,24,28)(H,25,29)(H,31,32). The number of carboxylic acids is 1. The summed E-state index contributed by atoms with van der Waals surface area (Å²) in [6, 6.07) is -4.73. The van der Waals surface area contributed by atoms with Gasteiger partial charge in [-0.2, -0.15) is 0 Å². The van der Waals surface area contributed by atoms with Crippen LogP contribution in [0.3, 0.4) is 0 Å². The van der Waals surface area contributed by atoms with Crippen LogP contribution in [0.15, 0.2) is 0 Å². The van der Waals surface area contributed by atoms with Gasteiger partial charge < -0.3 is 37.6 Å². The number of primary amides is 1. The van der Waals surface area contributed by atoms with Crippen molar-refractivity contribution < 1.29 is 34.2 Å². The molecule has 0 heterocycles. The number of hydrogen-bond donors (Lipinski definition) is 7. The molecular formula is C20H37N5O7. The molecule has 0 aromatic carbocycles. The Balaban J connectivity index is 5.28. The van der Waals surface area contributed by atoms with Crippen LogP contribution in [0, 0.1) is 11.8 Å². The number of nitrogens with one attached hydrogen (secondary N) is 3. The van der Waals surface area contributed by atoms with E-state index < -0.39 is 60.4 Å². The van der Waals surface area contributed by atoms with Crippen LogP contribution in [-0.4, -0.2) is 70.6 Å². The van der Waals surface area contributed by atoms with Crippen molar-refractivity contribution in [1.29, 1.82) is 0 Å². The van der Waals surface area contributed by atoms with Crippen LogP contribution in [0.1, 0.15) is 53.4 Å². The minimum Gasteiger partial charge on any atom is -0.480 e. The maximum absolute atomic E-state index is 12.8. The fourth-order valence-corrected chi connectivity index (χ4v) is 2.81. The second-order valence-electron chi connectivity index (χ2n) is 8.26. The Bertz CT molecular complexity index is 671. The van der Waals surface area contributed by atoms with Gasteiger partial charge in [0.05, 0.1) is 12.6 Å². The lowest BCUT2D eigenvalue weighted by molar-refractivity contribution is -0.143. The van der Waals surface area contributed by atoms with Gasteiger partial charge >= 0.3 is 5.97 Å². The molecule has 0 aliphatic heterocycles. The normalized spacial score (nSPS) is 15.7. The summed E-state index contributed by atoms with van der Waals surface area (Å²) in [6.45, 7) is 6.37. The van der Waals surface area contributed by atoms with Gasteiger partial charge in [0.2, 0.25) is 23.6 Å². The summed E-state index contributed by atoms with van der Waals surface area (Å²) in [5.41, 5.74) is 10.7. The second kappa shape index (κ2) is 14.4. The largest absolute Gasteiger partial charge is 0.480 e. The van der Waals surface area contributed by atoms with E-state index in [0.717, 1.165) is 0 Å². The third-order valence-corrected chi connectivity index (χ3v) is 4.97. The summed E-state index contributed by atoms with van der Waals surface area (Å²) < 4.78 is 0. The third kappa shape index (κ3) is 10.5. The molecule has 5 unspecified atom stereocenters. The highest BCUT2D eigenvalue weighted by Gasteiger charge is 2.32. The van der Waals surface area contributed by atoms with Crippen molar-refractivity contribution in [1.82, 2.24) is 16.0 Å². The first-order valence-electron chi connectivity index (χ1n) is 10.6. The van der Waals surface area contributed by atoms with Crippen LogP contribution in [0.2, 0.25) is 0 Å². The van der Waals surface area contributed by atoms with Crippen molar-refractivity contribution in [3.63, 3.8) is 0 Å². The number of carbonyl (C=O) groups excluding carboxylic acids is 4. The number of aliphatic hydroxyl groups excluding tert-OH is 1. The number of rotatable bonds is 15. The van der Waals surface area contributed by atoms with Crippen molar-refractivity contribution in [2.24, 2.45) is 23.3 Å². The molecule has 12 nitrogen and oxygen atoms in total. The van der Waals surface area contributed by atoms with E-state index in [-0.39, 0.29) is 31.1 Å². The van der Waals surface area contributed by atoms with Crippen molar-refractivity contribution in [2.75, 3.05) is 6.61 Å². The third-order valence-electron chi connectivity index (χ3n) is 4.97. The lowest BCUT2D eigenvalue weighted by Gasteiger charge is -2.28. The van der Waals surface area contributed by atoms with Gasteiger partial charge in [-0.05, 0) is 24.7 Å². The van der Waals surface area contributed by atoms with E-state index >= 15 is 0 Å². The topological polar surface area (TPSA) is 214 Å². The van der Waals surface area contributed by atoms with Crippen LogP contribution in [0.25, 0.3) is 0 Å². The second-order valence-corrected chi connectivity index (χ2v) is 8.26. The molecule has 5 atom stereocenters. The molecule has 0 aliphatic carbocycles. The minimum atomic E-state index is -1.40. The van der Waals surface area contributed by atoms with Crippen LogP contribution < -0.4 is 27.4 Å². The van der Waals surface area contributed by atoms with E-state index in [0.29, 0.717) is 6.42 Å². The summed E-state index contributed by atoms with van der Waals surface area (Å²) in [6.07, 6.45) is 0.544. The molecule has 12 heteroatoms. The minimum absolute atomic E-state index is 0.0146. The van der Waals surface area contributed by atoms with Crippen LogP contribution in [-0.2, 0) is 24.0 Å². The zero-order valence-corrected chi connectivity index (χ0v) is 19.1. The molecule has 0 saturated heterocycles. The summed E-state index contributed by atoms with van der Waals surface area (Å²) >= 11 is 0. The molecule has 0 rings (SSSR count). The molecule has 0 bridgehead atoms. The number of hydrogen-bond acceptors (Lipinski definition) is 7. The maximum Gasteiger partial charge on any atom is 0.326 e. The molecule has 0 fully saturated rings. The molecule has 184 valence electrons. The van der Waals surface area contributed by atoms with Gasteiger partial charge in [0.1, 0.15) is 18.1 Å². The van der Waals surface area contributed by atoms with Crippen molar-refractivity contribution in [3.05, 3.63) is 0 Å². The van der Waals surface area contributed by atoms with E-state index in [2.05, 4.69) is 16.0 Å². The molecule has 0 aromatic heterocycles. The average Bonchev–Trinajstić information content (AvgIpc) is 2.71. The van der Waals surface area contributed by atoms with Crippen molar-refractivity contribution in [2.45, 2.75) is 77.5 Å². The number of aliphatic carboxylic acids is 1. The van der Waals surface area contributed by atoms with Crippen molar-refractivity contribution in [3.8, 4) is 0 Å². The SMILES string of the molecule is CCC(C)C(NC(=O)C(CO)NC(=O)C(N)CCC(N)=O)C(=O)NC(CC(C)C)C(=O)O. The highest BCUT2D eigenvalue weighted by molar-refractivity contribution is 5.94. The predicted octanol–water partition coefficient (Wildman–Crippen LogP) is -1.80. The quantitative estimate of drug-likeness (QED) is 0.148. The predicted molar refractivity (Wildman–Crippen MR) is 116 cm³/mol. The zero-order chi connectivity index (χ0) is 25.0. The van der Waals surface area contributed by atoms with Gasteiger partial charge in [0.25, 0.3) is 0 Å². The number of carbonyl (C=O) groups is 5. The van der Waals surface area contributed by atoms with Crippen LogP contribution >= 0.6 is 0 Å². The number of amides is 4. The fourth-order valence-electron chi connectivity index (χ4n) is 2.81. The molecule has 4 amide bonds. The molecule has 0 radical (unpaired) electrons. The Kier molecular flexibility index (Phi) is 13.1. The first-order valence-corrected chi connectivity index (χ1v) is 10.6.